The maximum absolute atomic E-state index is 5.47. The van der Waals surface area contributed by atoms with Crippen molar-refractivity contribution in [3.63, 3.8) is 0 Å². The Kier molecular flexibility index (Phi) is 11.4. The number of thiazole rings is 1. The summed E-state index contributed by atoms with van der Waals surface area (Å²) >= 11 is 1.66. The molecule has 25 heavy (non-hydrogen) atoms. The molecule has 2 heterocycles. The van der Waals surface area contributed by atoms with Gasteiger partial charge >= 0.3 is 0 Å². The molecule has 1 aliphatic rings. The van der Waals surface area contributed by atoms with Crippen molar-refractivity contribution in [3.05, 3.63) is 29.3 Å². The lowest BCUT2D eigenvalue weighted by atomic mass is 10.2. The molecule has 0 saturated carbocycles. The number of nitrogens with zero attached hydrogens (tertiary/aromatic N) is 2. The van der Waals surface area contributed by atoms with Gasteiger partial charge in [-0.05, 0) is 12.1 Å². The van der Waals surface area contributed by atoms with Crippen LogP contribution in [0.4, 0.5) is 0 Å². The van der Waals surface area contributed by atoms with E-state index in [1.54, 1.807) is 25.6 Å². The predicted molar refractivity (Wildman–Crippen MR) is 111 cm³/mol. The Morgan fingerprint density at radius 3 is 2.48 bits per heavy atom. The minimum absolute atomic E-state index is 0. The SMILES string of the molecule is COc1ccc(-c2nc(CN3CCNCC3)cs2)c(OC)c1.Cl.Cl.Cl. The first-order chi connectivity index (χ1) is 10.8. The number of benzene rings is 1. The normalized spacial score (nSPS) is 13.8. The lowest BCUT2D eigenvalue weighted by Crippen LogP contribution is -2.42. The van der Waals surface area contributed by atoms with E-state index in [1.165, 1.54) is 0 Å². The van der Waals surface area contributed by atoms with E-state index in [-0.39, 0.29) is 37.2 Å². The lowest BCUT2D eigenvalue weighted by molar-refractivity contribution is 0.231. The molecule has 1 N–H and O–H groups in total. The van der Waals surface area contributed by atoms with Crippen LogP contribution in [0, 0.1) is 0 Å². The van der Waals surface area contributed by atoms with Crippen molar-refractivity contribution in [2.75, 3.05) is 40.4 Å². The highest BCUT2D eigenvalue weighted by Gasteiger charge is 2.14. The van der Waals surface area contributed by atoms with E-state index in [0.29, 0.717) is 0 Å². The quantitative estimate of drug-likeness (QED) is 0.790. The summed E-state index contributed by atoms with van der Waals surface area (Å²) in [5.41, 5.74) is 2.14. The molecule has 1 aliphatic heterocycles. The Balaban J connectivity index is 0.00000192. The van der Waals surface area contributed by atoms with E-state index in [2.05, 4.69) is 15.6 Å². The van der Waals surface area contributed by atoms with Gasteiger partial charge in [-0.2, -0.15) is 0 Å². The molecule has 5 nitrogen and oxygen atoms in total. The van der Waals surface area contributed by atoms with Crippen molar-refractivity contribution in [1.29, 1.82) is 0 Å². The molecule has 1 saturated heterocycles. The van der Waals surface area contributed by atoms with Crippen LogP contribution in [0.2, 0.25) is 0 Å². The summed E-state index contributed by atoms with van der Waals surface area (Å²) in [6, 6.07) is 5.84. The van der Waals surface area contributed by atoms with Crippen molar-refractivity contribution >= 4 is 48.6 Å². The first-order valence-electron chi connectivity index (χ1n) is 7.40. The third-order valence-corrected chi connectivity index (χ3v) is 4.71. The molecule has 9 heteroatoms. The number of hydrogen-bond acceptors (Lipinski definition) is 6. The number of halogens is 3. The molecule has 0 bridgehead atoms. The Morgan fingerprint density at radius 1 is 1.12 bits per heavy atom. The van der Waals surface area contributed by atoms with Gasteiger partial charge in [0, 0.05) is 44.2 Å². The van der Waals surface area contributed by atoms with Gasteiger partial charge in [0.1, 0.15) is 16.5 Å². The molecule has 1 fully saturated rings. The second-order valence-electron chi connectivity index (χ2n) is 5.24. The second-order valence-corrected chi connectivity index (χ2v) is 6.09. The standard InChI is InChI=1S/C16H21N3O2S.3ClH/c1-20-13-3-4-14(15(9-13)21-2)16-18-12(11-22-16)10-19-7-5-17-6-8-19;;;/h3-4,9,11,17H,5-8,10H2,1-2H3;3*1H. The third kappa shape index (κ3) is 6.16. The zero-order valence-corrected chi connectivity index (χ0v) is 17.5. The summed E-state index contributed by atoms with van der Waals surface area (Å²) < 4.78 is 10.7. The van der Waals surface area contributed by atoms with Gasteiger partial charge in [-0.3, -0.25) is 4.90 Å². The van der Waals surface area contributed by atoms with Crippen LogP contribution in [0.5, 0.6) is 11.5 Å². The highest BCUT2D eigenvalue weighted by Crippen LogP contribution is 2.35. The van der Waals surface area contributed by atoms with Gasteiger partial charge < -0.3 is 14.8 Å². The van der Waals surface area contributed by atoms with Crippen LogP contribution in [0.3, 0.4) is 0 Å². The number of rotatable bonds is 5. The summed E-state index contributed by atoms with van der Waals surface area (Å²) in [6.45, 7) is 5.20. The Labute approximate surface area is 171 Å². The molecule has 1 aromatic heterocycles. The number of methoxy groups -OCH3 is 2. The van der Waals surface area contributed by atoms with Crippen LogP contribution >= 0.6 is 48.6 Å². The number of piperazine rings is 1. The zero-order chi connectivity index (χ0) is 15.4. The van der Waals surface area contributed by atoms with E-state index in [4.69, 9.17) is 14.5 Å². The first-order valence-corrected chi connectivity index (χ1v) is 8.28. The van der Waals surface area contributed by atoms with Crippen LogP contribution in [-0.2, 0) is 6.54 Å². The topological polar surface area (TPSA) is 46.6 Å². The van der Waals surface area contributed by atoms with Crippen LogP contribution < -0.4 is 14.8 Å². The largest absolute Gasteiger partial charge is 0.497 e. The molecule has 0 amide bonds. The summed E-state index contributed by atoms with van der Waals surface area (Å²) in [4.78, 5) is 7.21. The molecule has 1 aromatic carbocycles. The summed E-state index contributed by atoms with van der Waals surface area (Å²) in [5.74, 6) is 1.58. The Morgan fingerprint density at radius 2 is 1.84 bits per heavy atom. The average molecular weight is 429 g/mol. The molecule has 3 rings (SSSR count). The van der Waals surface area contributed by atoms with E-state index < -0.39 is 0 Å². The smallest absolute Gasteiger partial charge is 0.132 e. The molecule has 0 spiro atoms. The van der Waals surface area contributed by atoms with E-state index in [9.17, 15) is 0 Å². The Bertz CT molecular complexity index is 637. The molecular formula is C16H24Cl3N3O2S. The van der Waals surface area contributed by atoms with Crippen LogP contribution in [-0.4, -0.2) is 50.3 Å². The van der Waals surface area contributed by atoms with Gasteiger partial charge in [0.2, 0.25) is 0 Å². The molecular weight excluding hydrogens is 405 g/mol. The van der Waals surface area contributed by atoms with Crippen LogP contribution in [0.1, 0.15) is 5.69 Å². The van der Waals surface area contributed by atoms with Gasteiger partial charge in [0.15, 0.2) is 0 Å². The molecule has 0 aliphatic carbocycles. The maximum Gasteiger partial charge on any atom is 0.132 e. The number of ether oxygens (including phenoxy) is 2. The zero-order valence-electron chi connectivity index (χ0n) is 14.2. The van der Waals surface area contributed by atoms with Crippen LogP contribution in [0.25, 0.3) is 10.6 Å². The third-order valence-electron chi connectivity index (χ3n) is 3.79. The fourth-order valence-corrected chi connectivity index (χ4v) is 3.42. The van der Waals surface area contributed by atoms with Crippen molar-refractivity contribution in [2.24, 2.45) is 0 Å². The Hall–Kier alpha value is -0.760. The number of nitrogens with one attached hydrogen (secondary N) is 1. The fourth-order valence-electron chi connectivity index (χ4n) is 2.58. The second kappa shape index (κ2) is 11.8. The molecule has 0 radical (unpaired) electrons. The number of hydrogen-bond donors (Lipinski definition) is 1. The monoisotopic (exact) mass is 427 g/mol. The van der Waals surface area contributed by atoms with Gasteiger partial charge in [-0.25, -0.2) is 4.98 Å². The summed E-state index contributed by atoms with van der Waals surface area (Å²) in [5, 5.41) is 6.50. The minimum atomic E-state index is 0. The maximum atomic E-state index is 5.47. The summed E-state index contributed by atoms with van der Waals surface area (Å²) in [7, 11) is 3.33. The fraction of sp³-hybridized carbons (Fsp3) is 0.438. The van der Waals surface area contributed by atoms with Gasteiger partial charge in [0.05, 0.1) is 25.5 Å². The number of aromatic nitrogens is 1. The first kappa shape index (κ1) is 24.2. The van der Waals surface area contributed by atoms with Crippen molar-refractivity contribution in [2.45, 2.75) is 6.54 Å². The predicted octanol–water partition coefficient (Wildman–Crippen LogP) is 3.50. The minimum Gasteiger partial charge on any atom is -0.497 e. The highest BCUT2D eigenvalue weighted by atomic mass is 35.5. The molecule has 0 atom stereocenters. The van der Waals surface area contributed by atoms with Crippen molar-refractivity contribution in [3.8, 4) is 22.1 Å². The summed E-state index contributed by atoms with van der Waals surface area (Å²) in [6.07, 6.45) is 0. The van der Waals surface area contributed by atoms with Crippen LogP contribution in [0.15, 0.2) is 23.6 Å². The molecule has 2 aromatic rings. The molecule has 0 unspecified atom stereocenters. The average Bonchev–Trinajstić information content (AvgIpc) is 3.03. The highest BCUT2D eigenvalue weighted by molar-refractivity contribution is 7.13. The van der Waals surface area contributed by atoms with E-state index >= 15 is 0 Å². The lowest BCUT2D eigenvalue weighted by Gasteiger charge is -2.26. The van der Waals surface area contributed by atoms with Crippen molar-refractivity contribution in [1.82, 2.24) is 15.2 Å². The van der Waals surface area contributed by atoms with Gasteiger partial charge in [0.25, 0.3) is 0 Å². The van der Waals surface area contributed by atoms with E-state index in [1.807, 2.05) is 18.2 Å². The van der Waals surface area contributed by atoms with Gasteiger partial charge in [-0.15, -0.1) is 48.6 Å². The van der Waals surface area contributed by atoms with Crippen molar-refractivity contribution < 1.29 is 9.47 Å². The van der Waals surface area contributed by atoms with Gasteiger partial charge in [-0.1, -0.05) is 0 Å². The van der Waals surface area contributed by atoms with E-state index in [0.717, 1.165) is 60.5 Å². The molecule has 142 valence electrons.